The maximum Gasteiger partial charge on any atom is 0.146 e. The first-order chi connectivity index (χ1) is 5.33. The van der Waals surface area contributed by atoms with Crippen LogP contribution in [0.3, 0.4) is 0 Å². The number of aryl methyl sites for hydroxylation is 1. The third-order valence-corrected chi connectivity index (χ3v) is 2.17. The van der Waals surface area contributed by atoms with Crippen LogP contribution >= 0.6 is 11.3 Å². The largest absolute Gasteiger partial charge is 0.324 e. The first kappa shape index (κ1) is 8.36. The van der Waals surface area contributed by atoms with E-state index in [4.69, 9.17) is 5.73 Å². The van der Waals surface area contributed by atoms with Crippen molar-refractivity contribution in [1.29, 1.82) is 0 Å². The molecule has 4 heteroatoms. The van der Waals surface area contributed by atoms with Gasteiger partial charge in [0.2, 0.25) is 0 Å². The highest BCUT2D eigenvalue weighted by Crippen LogP contribution is 2.06. The van der Waals surface area contributed by atoms with Crippen molar-refractivity contribution in [3.63, 3.8) is 0 Å². The second-order valence-corrected chi connectivity index (χ2v) is 3.15. The summed E-state index contributed by atoms with van der Waals surface area (Å²) in [4.78, 5) is 14.8. The molecular weight excluding hydrogens is 160 g/mol. The maximum atomic E-state index is 10.8. The summed E-state index contributed by atoms with van der Waals surface area (Å²) in [7, 11) is 0. The van der Waals surface area contributed by atoms with Crippen molar-refractivity contribution in [2.75, 3.05) is 6.54 Å². The summed E-state index contributed by atoms with van der Waals surface area (Å²) < 4.78 is 0. The number of thiazole rings is 1. The van der Waals surface area contributed by atoms with Crippen LogP contribution in [-0.2, 0) is 11.2 Å². The minimum atomic E-state index is 0.0974. The Labute approximate surface area is 69.3 Å². The molecule has 0 aromatic carbocycles. The molecule has 0 aliphatic rings. The van der Waals surface area contributed by atoms with Crippen LogP contribution in [0.4, 0.5) is 0 Å². The quantitative estimate of drug-likeness (QED) is 0.720. The number of aromatic nitrogens is 1. The smallest absolute Gasteiger partial charge is 0.146 e. The number of nitrogens with zero attached hydrogens (tertiary/aromatic N) is 1. The number of ketones is 1. The van der Waals surface area contributed by atoms with Crippen molar-refractivity contribution in [2.24, 2.45) is 5.73 Å². The molecule has 0 aliphatic carbocycles. The van der Waals surface area contributed by atoms with Crippen LogP contribution in [0.5, 0.6) is 0 Å². The van der Waals surface area contributed by atoms with E-state index in [-0.39, 0.29) is 12.3 Å². The fraction of sp³-hybridized carbons (Fsp3) is 0.429. The fourth-order valence-corrected chi connectivity index (χ4v) is 1.35. The molecule has 60 valence electrons. The highest BCUT2D eigenvalue weighted by atomic mass is 32.1. The predicted molar refractivity (Wildman–Crippen MR) is 44.5 cm³/mol. The van der Waals surface area contributed by atoms with Gasteiger partial charge in [-0.1, -0.05) is 0 Å². The Morgan fingerprint density at radius 3 is 3.09 bits per heavy atom. The molecule has 0 aliphatic heterocycles. The molecule has 0 saturated carbocycles. The van der Waals surface area contributed by atoms with Crippen molar-refractivity contribution in [1.82, 2.24) is 4.98 Å². The number of hydrogen-bond donors (Lipinski definition) is 1. The van der Waals surface area contributed by atoms with Gasteiger partial charge in [0.05, 0.1) is 11.6 Å². The van der Waals surface area contributed by atoms with Gasteiger partial charge < -0.3 is 5.73 Å². The summed E-state index contributed by atoms with van der Waals surface area (Å²) in [6, 6.07) is 0. The maximum absolute atomic E-state index is 10.8. The van der Waals surface area contributed by atoms with Crippen molar-refractivity contribution in [3.8, 4) is 0 Å². The van der Waals surface area contributed by atoms with Crippen LogP contribution in [0.15, 0.2) is 11.6 Å². The van der Waals surface area contributed by atoms with Gasteiger partial charge in [-0.2, -0.15) is 0 Å². The van der Waals surface area contributed by atoms with Crippen molar-refractivity contribution in [2.45, 2.75) is 12.8 Å². The van der Waals surface area contributed by atoms with Gasteiger partial charge in [-0.05, 0) is 0 Å². The van der Waals surface area contributed by atoms with Crippen molar-refractivity contribution in [3.05, 3.63) is 16.6 Å². The Bertz CT molecular complexity index is 220. The highest BCUT2D eigenvalue weighted by molar-refractivity contribution is 7.09. The second-order valence-electron chi connectivity index (χ2n) is 2.17. The van der Waals surface area contributed by atoms with Gasteiger partial charge in [0.25, 0.3) is 0 Å². The molecule has 1 aromatic heterocycles. The van der Waals surface area contributed by atoms with E-state index in [1.54, 1.807) is 17.5 Å². The van der Waals surface area contributed by atoms with Gasteiger partial charge in [-0.15, -0.1) is 11.3 Å². The Hall–Kier alpha value is -0.740. The second kappa shape index (κ2) is 4.20. The topological polar surface area (TPSA) is 56.0 Å². The zero-order chi connectivity index (χ0) is 8.10. The number of carbonyl (C=O) groups excluding carboxylic acids is 1. The molecule has 1 heterocycles. The molecule has 1 rings (SSSR count). The minimum absolute atomic E-state index is 0.0974. The van der Waals surface area contributed by atoms with E-state index in [9.17, 15) is 4.79 Å². The molecule has 11 heavy (non-hydrogen) atoms. The Morgan fingerprint density at radius 2 is 2.55 bits per heavy atom. The van der Waals surface area contributed by atoms with E-state index >= 15 is 0 Å². The molecule has 0 bridgehead atoms. The number of hydrogen-bond acceptors (Lipinski definition) is 4. The number of rotatable bonds is 4. The van der Waals surface area contributed by atoms with Crippen LogP contribution in [0, 0.1) is 0 Å². The zero-order valence-corrected chi connectivity index (χ0v) is 6.93. The molecule has 0 amide bonds. The number of carbonyl (C=O) groups is 1. The number of Topliss-reactive ketones (excluding diaryl/α,β-unsaturated/α-hetero) is 1. The van der Waals surface area contributed by atoms with Crippen molar-refractivity contribution >= 4 is 17.1 Å². The van der Waals surface area contributed by atoms with Gasteiger partial charge in [0.1, 0.15) is 5.78 Å². The molecular formula is C7H10N2OS. The van der Waals surface area contributed by atoms with Crippen LogP contribution in [-0.4, -0.2) is 17.3 Å². The monoisotopic (exact) mass is 170 g/mol. The lowest BCUT2D eigenvalue weighted by molar-refractivity contribution is -0.117. The van der Waals surface area contributed by atoms with Gasteiger partial charge in [-0.25, -0.2) is 4.98 Å². The predicted octanol–water partition coefficient (Wildman–Crippen LogP) is 0.603. The summed E-state index contributed by atoms with van der Waals surface area (Å²) in [5.74, 6) is 0.0974. The van der Waals surface area contributed by atoms with E-state index < -0.39 is 0 Å². The third-order valence-electron chi connectivity index (χ3n) is 1.33. The van der Waals surface area contributed by atoms with E-state index in [1.165, 1.54) is 0 Å². The number of nitrogens with two attached hydrogens (primary N) is 1. The van der Waals surface area contributed by atoms with E-state index in [2.05, 4.69) is 4.98 Å². The lowest BCUT2D eigenvalue weighted by atomic mass is 10.2. The Balaban J connectivity index is 2.29. The minimum Gasteiger partial charge on any atom is -0.324 e. The summed E-state index contributed by atoms with van der Waals surface area (Å²) in [6.07, 6.45) is 2.99. The van der Waals surface area contributed by atoms with Gasteiger partial charge in [-0.3, -0.25) is 4.79 Å². The molecule has 0 atom stereocenters. The lowest BCUT2D eigenvalue weighted by Gasteiger charge is -1.92. The Kier molecular flexibility index (Phi) is 3.19. The molecule has 0 radical (unpaired) electrons. The lowest BCUT2D eigenvalue weighted by Crippen LogP contribution is -2.13. The molecule has 0 fully saturated rings. The van der Waals surface area contributed by atoms with E-state index in [0.29, 0.717) is 6.42 Å². The van der Waals surface area contributed by atoms with Gasteiger partial charge >= 0.3 is 0 Å². The van der Waals surface area contributed by atoms with E-state index in [1.807, 2.05) is 5.38 Å². The molecule has 0 spiro atoms. The zero-order valence-electron chi connectivity index (χ0n) is 6.12. The summed E-state index contributed by atoms with van der Waals surface area (Å²) in [5.41, 5.74) is 5.14. The standard InChI is InChI=1S/C7H10N2OS/c8-5-6(10)1-2-7-9-3-4-11-7/h3-4H,1-2,5,8H2. The SMILES string of the molecule is NCC(=O)CCc1nccs1. The van der Waals surface area contributed by atoms with Crippen molar-refractivity contribution < 1.29 is 4.79 Å². The molecule has 0 unspecified atom stereocenters. The molecule has 3 nitrogen and oxygen atoms in total. The first-order valence-electron chi connectivity index (χ1n) is 3.43. The average Bonchev–Trinajstić information content (AvgIpc) is 2.52. The van der Waals surface area contributed by atoms with Crippen LogP contribution in [0.25, 0.3) is 0 Å². The average molecular weight is 170 g/mol. The summed E-state index contributed by atoms with van der Waals surface area (Å²) in [6.45, 7) is 0.144. The van der Waals surface area contributed by atoms with E-state index in [0.717, 1.165) is 11.4 Å². The van der Waals surface area contributed by atoms with Crippen LogP contribution in [0.1, 0.15) is 11.4 Å². The van der Waals surface area contributed by atoms with Gasteiger partial charge in [0, 0.05) is 24.4 Å². The normalized spacial score (nSPS) is 9.91. The molecule has 1 aromatic rings. The highest BCUT2D eigenvalue weighted by Gasteiger charge is 2.00. The molecule has 0 saturated heterocycles. The first-order valence-corrected chi connectivity index (χ1v) is 4.31. The van der Waals surface area contributed by atoms with Crippen LogP contribution < -0.4 is 5.73 Å². The Morgan fingerprint density at radius 1 is 1.73 bits per heavy atom. The van der Waals surface area contributed by atoms with Crippen LogP contribution in [0.2, 0.25) is 0 Å². The van der Waals surface area contributed by atoms with Gasteiger partial charge in [0.15, 0.2) is 0 Å². The fourth-order valence-electron chi connectivity index (χ4n) is 0.725. The summed E-state index contributed by atoms with van der Waals surface area (Å²) >= 11 is 1.57. The molecule has 2 N–H and O–H groups in total. The third kappa shape index (κ3) is 2.78. The summed E-state index contributed by atoms with van der Waals surface area (Å²) in [5, 5.41) is 2.91.